The average molecular weight is 284 g/mol. The van der Waals surface area contributed by atoms with E-state index in [4.69, 9.17) is 16.3 Å². The Bertz CT molecular complexity index is 478. The standard InChI is InChI=1S/C14H18ClNO3/c1-9-7-11(15)3-4-13(9)19-10(2)14(18)16-6-5-12(17)8-16/h3-4,7,10,12,17H,5-6,8H2,1-2H3/t10?,12-/m1/s1. The number of benzene rings is 1. The van der Waals surface area contributed by atoms with Crippen LogP contribution in [0.3, 0.4) is 0 Å². The molecule has 0 bridgehead atoms. The van der Waals surface area contributed by atoms with Gasteiger partial charge in [-0.1, -0.05) is 11.6 Å². The van der Waals surface area contributed by atoms with Crippen molar-refractivity contribution in [1.82, 2.24) is 4.90 Å². The first-order valence-electron chi connectivity index (χ1n) is 6.37. The molecule has 1 aliphatic rings. The second kappa shape index (κ2) is 5.80. The van der Waals surface area contributed by atoms with Crippen molar-refractivity contribution in [2.75, 3.05) is 13.1 Å². The molecule has 19 heavy (non-hydrogen) atoms. The second-order valence-corrected chi connectivity index (χ2v) is 5.33. The third kappa shape index (κ3) is 3.39. The van der Waals surface area contributed by atoms with Gasteiger partial charge in [-0.3, -0.25) is 4.79 Å². The Morgan fingerprint density at radius 2 is 2.32 bits per heavy atom. The van der Waals surface area contributed by atoms with E-state index in [1.54, 1.807) is 30.0 Å². The molecule has 0 spiro atoms. The molecule has 0 aromatic heterocycles. The van der Waals surface area contributed by atoms with Gasteiger partial charge in [0.25, 0.3) is 5.91 Å². The lowest BCUT2D eigenvalue weighted by Gasteiger charge is -2.22. The number of carbonyl (C=O) groups is 1. The molecule has 0 saturated carbocycles. The maximum atomic E-state index is 12.1. The Morgan fingerprint density at radius 1 is 1.58 bits per heavy atom. The van der Waals surface area contributed by atoms with E-state index in [1.807, 2.05) is 6.92 Å². The topological polar surface area (TPSA) is 49.8 Å². The molecule has 1 aliphatic heterocycles. The van der Waals surface area contributed by atoms with E-state index in [0.29, 0.717) is 30.3 Å². The lowest BCUT2D eigenvalue weighted by Crippen LogP contribution is -2.39. The van der Waals surface area contributed by atoms with Crippen LogP contribution in [0.2, 0.25) is 5.02 Å². The molecule has 1 aromatic rings. The van der Waals surface area contributed by atoms with Gasteiger partial charge in [0, 0.05) is 18.1 Å². The normalized spacial score (nSPS) is 20.4. The highest BCUT2D eigenvalue weighted by Crippen LogP contribution is 2.23. The minimum atomic E-state index is -0.565. The van der Waals surface area contributed by atoms with Gasteiger partial charge in [-0.05, 0) is 44.0 Å². The van der Waals surface area contributed by atoms with Crippen molar-refractivity contribution in [3.63, 3.8) is 0 Å². The first-order valence-corrected chi connectivity index (χ1v) is 6.75. The second-order valence-electron chi connectivity index (χ2n) is 4.90. The fourth-order valence-electron chi connectivity index (χ4n) is 2.19. The molecule has 4 nitrogen and oxygen atoms in total. The Balaban J connectivity index is 2.00. The minimum Gasteiger partial charge on any atom is -0.481 e. The highest BCUT2D eigenvalue weighted by atomic mass is 35.5. The first-order chi connectivity index (χ1) is 8.97. The number of amides is 1. The molecule has 1 N–H and O–H groups in total. The van der Waals surface area contributed by atoms with E-state index < -0.39 is 12.2 Å². The quantitative estimate of drug-likeness (QED) is 0.923. The van der Waals surface area contributed by atoms with Gasteiger partial charge in [-0.25, -0.2) is 0 Å². The predicted octanol–water partition coefficient (Wildman–Crippen LogP) is 2.01. The van der Waals surface area contributed by atoms with Gasteiger partial charge >= 0.3 is 0 Å². The van der Waals surface area contributed by atoms with E-state index in [1.165, 1.54) is 0 Å². The fourth-order valence-corrected chi connectivity index (χ4v) is 2.41. The lowest BCUT2D eigenvalue weighted by atomic mass is 10.2. The van der Waals surface area contributed by atoms with Crippen molar-refractivity contribution >= 4 is 17.5 Å². The number of β-amino-alcohol motifs (C(OH)–C–C–N with tert-alkyl or cyclic N) is 1. The zero-order chi connectivity index (χ0) is 14.0. The van der Waals surface area contributed by atoms with E-state index in [9.17, 15) is 9.90 Å². The van der Waals surface area contributed by atoms with Crippen LogP contribution in [-0.4, -0.2) is 41.2 Å². The number of rotatable bonds is 3. The van der Waals surface area contributed by atoms with Gasteiger partial charge in [0.2, 0.25) is 0 Å². The molecule has 0 radical (unpaired) electrons. The van der Waals surface area contributed by atoms with Crippen molar-refractivity contribution in [2.24, 2.45) is 0 Å². The first kappa shape index (κ1) is 14.2. The van der Waals surface area contributed by atoms with Crippen molar-refractivity contribution in [1.29, 1.82) is 0 Å². The molecule has 1 heterocycles. The zero-order valence-corrected chi connectivity index (χ0v) is 11.9. The summed E-state index contributed by atoms with van der Waals surface area (Å²) < 4.78 is 5.68. The van der Waals surface area contributed by atoms with Crippen molar-refractivity contribution in [3.05, 3.63) is 28.8 Å². The highest BCUT2D eigenvalue weighted by molar-refractivity contribution is 6.30. The Kier molecular flexibility index (Phi) is 4.32. The summed E-state index contributed by atoms with van der Waals surface area (Å²) in [6, 6.07) is 5.30. The summed E-state index contributed by atoms with van der Waals surface area (Å²) in [4.78, 5) is 13.8. The van der Waals surface area contributed by atoms with Crippen molar-refractivity contribution < 1.29 is 14.6 Å². The van der Waals surface area contributed by atoms with Crippen LogP contribution in [0, 0.1) is 6.92 Å². The van der Waals surface area contributed by atoms with E-state index in [0.717, 1.165) is 5.56 Å². The number of hydrogen-bond acceptors (Lipinski definition) is 3. The summed E-state index contributed by atoms with van der Waals surface area (Å²) in [6.07, 6.45) is -0.336. The summed E-state index contributed by atoms with van der Waals surface area (Å²) in [5.74, 6) is 0.566. The number of halogens is 1. The molecule has 1 fully saturated rings. The monoisotopic (exact) mass is 283 g/mol. The third-order valence-corrected chi connectivity index (χ3v) is 3.50. The molecule has 104 valence electrons. The van der Waals surface area contributed by atoms with Crippen molar-refractivity contribution in [3.8, 4) is 5.75 Å². The Morgan fingerprint density at radius 3 is 2.89 bits per heavy atom. The van der Waals surface area contributed by atoms with Crippen LogP contribution in [0.5, 0.6) is 5.75 Å². The molecule has 1 unspecified atom stereocenters. The fraction of sp³-hybridized carbons (Fsp3) is 0.500. The molecule has 2 atom stereocenters. The number of nitrogens with zero attached hydrogens (tertiary/aromatic N) is 1. The maximum Gasteiger partial charge on any atom is 0.263 e. The number of aryl methyl sites for hydroxylation is 1. The average Bonchev–Trinajstić information content (AvgIpc) is 2.78. The lowest BCUT2D eigenvalue weighted by molar-refractivity contribution is -0.137. The van der Waals surface area contributed by atoms with Crippen LogP contribution in [0.25, 0.3) is 0 Å². The number of carbonyl (C=O) groups excluding carboxylic acids is 1. The van der Waals surface area contributed by atoms with Gasteiger partial charge < -0.3 is 14.7 Å². The van der Waals surface area contributed by atoms with Crippen LogP contribution < -0.4 is 4.74 Å². The summed E-state index contributed by atoms with van der Waals surface area (Å²) in [7, 11) is 0. The van der Waals surface area contributed by atoms with E-state index >= 15 is 0 Å². The number of aliphatic hydroxyl groups excluding tert-OH is 1. The number of ether oxygens (including phenoxy) is 1. The van der Waals surface area contributed by atoms with Crippen LogP contribution in [0.15, 0.2) is 18.2 Å². The summed E-state index contributed by atoms with van der Waals surface area (Å²) in [6.45, 7) is 4.60. The molecule has 2 rings (SSSR count). The SMILES string of the molecule is Cc1cc(Cl)ccc1OC(C)C(=O)N1CC[C@@H](O)C1. The summed E-state index contributed by atoms with van der Waals surface area (Å²) in [5, 5.41) is 10.1. The van der Waals surface area contributed by atoms with Crippen LogP contribution in [0.4, 0.5) is 0 Å². The number of aliphatic hydroxyl groups is 1. The molecule has 1 amide bonds. The van der Waals surface area contributed by atoms with Crippen LogP contribution in [-0.2, 0) is 4.79 Å². The molecule has 0 aliphatic carbocycles. The van der Waals surface area contributed by atoms with Crippen LogP contribution in [0.1, 0.15) is 18.9 Å². The van der Waals surface area contributed by atoms with Crippen molar-refractivity contribution in [2.45, 2.75) is 32.5 Å². The van der Waals surface area contributed by atoms with Gasteiger partial charge in [-0.2, -0.15) is 0 Å². The Hall–Kier alpha value is -1.26. The molecular weight excluding hydrogens is 266 g/mol. The smallest absolute Gasteiger partial charge is 0.263 e. The number of hydrogen-bond donors (Lipinski definition) is 1. The predicted molar refractivity (Wildman–Crippen MR) is 73.5 cm³/mol. The van der Waals surface area contributed by atoms with Gasteiger partial charge in [0.05, 0.1) is 6.10 Å². The third-order valence-electron chi connectivity index (χ3n) is 3.26. The zero-order valence-electron chi connectivity index (χ0n) is 11.1. The molecular formula is C14H18ClNO3. The van der Waals surface area contributed by atoms with Crippen LogP contribution >= 0.6 is 11.6 Å². The summed E-state index contributed by atoms with van der Waals surface area (Å²) >= 11 is 5.88. The molecule has 1 aromatic carbocycles. The Labute approximate surface area is 117 Å². The maximum absolute atomic E-state index is 12.1. The van der Waals surface area contributed by atoms with Gasteiger partial charge in [0.1, 0.15) is 5.75 Å². The molecule has 5 heteroatoms. The summed E-state index contributed by atoms with van der Waals surface area (Å²) in [5.41, 5.74) is 0.897. The largest absolute Gasteiger partial charge is 0.481 e. The van der Waals surface area contributed by atoms with E-state index in [2.05, 4.69) is 0 Å². The minimum absolute atomic E-state index is 0.0918. The number of likely N-dealkylation sites (tertiary alicyclic amines) is 1. The highest BCUT2D eigenvalue weighted by Gasteiger charge is 2.28. The van der Waals surface area contributed by atoms with Gasteiger partial charge in [0.15, 0.2) is 6.10 Å². The molecule has 1 saturated heterocycles. The van der Waals surface area contributed by atoms with E-state index in [-0.39, 0.29) is 5.91 Å². The van der Waals surface area contributed by atoms with Gasteiger partial charge in [-0.15, -0.1) is 0 Å².